The number of pyridine rings is 1. The van der Waals surface area contributed by atoms with Gasteiger partial charge in [0.2, 0.25) is 0 Å². The number of carbonyl (C=O) groups is 1. The zero-order valence-electron chi connectivity index (χ0n) is 16.2. The van der Waals surface area contributed by atoms with Gasteiger partial charge in [0.25, 0.3) is 5.91 Å². The lowest BCUT2D eigenvalue weighted by atomic mass is 9.52. The number of nitrogens with one attached hydrogen (secondary N) is 3. The molecule has 7 nitrogen and oxygen atoms in total. The van der Waals surface area contributed by atoms with Gasteiger partial charge >= 0.3 is 0 Å². The van der Waals surface area contributed by atoms with E-state index in [9.17, 15) is 9.90 Å². The summed E-state index contributed by atoms with van der Waals surface area (Å²) in [6.45, 7) is 0.935. The summed E-state index contributed by atoms with van der Waals surface area (Å²) in [4.78, 5) is 20.4. The van der Waals surface area contributed by atoms with Gasteiger partial charge in [0.1, 0.15) is 5.65 Å². The molecular formula is C21H28N4O3. The molecule has 0 spiro atoms. The van der Waals surface area contributed by atoms with Crippen LogP contribution >= 0.6 is 0 Å². The third-order valence-corrected chi connectivity index (χ3v) is 6.97. The minimum Gasteiger partial charge on any atom is -0.390 e. The predicted molar refractivity (Wildman–Crippen MR) is 106 cm³/mol. The Bertz CT molecular complexity index is 879. The molecule has 28 heavy (non-hydrogen) atoms. The van der Waals surface area contributed by atoms with E-state index in [0.717, 1.165) is 36.0 Å². The first-order valence-electron chi connectivity index (χ1n) is 10.3. The topological polar surface area (TPSA) is 99.3 Å². The average molecular weight is 384 g/mol. The molecule has 6 rings (SSSR count). The lowest BCUT2D eigenvalue weighted by molar-refractivity contribution is -0.129. The number of carbonyl (C=O) groups excluding carboxylic acids is 1. The van der Waals surface area contributed by atoms with Gasteiger partial charge in [-0.15, -0.1) is 0 Å². The molecule has 4 aliphatic carbocycles. The average Bonchev–Trinajstić information content (AvgIpc) is 3.12. The van der Waals surface area contributed by atoms with Crippen LogP contribution in [-0.2, 0) is 4.74 Å². The Morgan fingerprint density at radius 1 is 1.36 bits per heavy atom. The lowest BCUT2D eigenvalue weighted by Gasteiger charge is -2.58. The number of hydrogen-bond acceptors (Lipinski definition) is 5. The van der Waals surface area contributed by atoms with Crippen LogP contribution in [0.15, 0.2) is 18.5 Å². The highest BCUT2D eigenvalue weighted by molar-refractivity contribution is 6.06. The zero-order valence-corrected chi connectivity index (χ0v) is 16.2. The summed E-state index contributed by atoms with van der Waals surface area (Å²) in [5.41, 5.74) is 1.73. The molecule has 0 aliphatic heterocycles. The second kappa shape index (κ2) is 6.74. The van der Waals surface area contributed by atoms with E-state index in [1.54, 1.807) is 13.3 Å². The van der Waals surface area contributed by atoms with Gasteiger partial charge in [-0.25, -0.2) is 4.98 Å². The molecule has 0 saturated heterocycles. The molecule has 2 unspecified atom stereocenters. The number of methoxy groups -OCH3 is 1. The van der Waals surface area contributed by atoms with Gasteiger partial charge in [0.15, 0.2) is 0 Å². The van der Waals surface area contributed by atoms with E-state index < -0.39 is 5.60 Å². The maximum absolute atomic E-state index is 12.8. The summed E-state index contributed by atoms with van der Waals surface area (Å²) in [5.74, 6) is 1.44. The number of nitrogens with zero attached hydrogens (tertiary/aromatic N) is 1. The van der Waals surface area contributed by atoms with E-state index in [1.807, 2.05) is 12.3 Å². The van der Waals surface area contributed by atoms with Crippen molar-refractivity contribution in [3.05, 3.63) is 24.0 Å². The number of anilines is 1. The van der Waals surface area contributed by atoms with Crippen molar-refractivity contribution in [2.75, 3.05) is 25.6 Å². The first kappa shape index (κ1) is 17.9. The Morgan fingerprint density at radius 2 is 2.14 bits per heavy atom. The Labute approximate surface area is 164 Å². The van der Waals surface area contributed by atoms with Crippen LogP contribution in [0.2, 0.25) is 0 Å². The van der Waals surface area contributed by atoms with Gasteiger partial charge in [0, 0.05) is 37.5 Å². The molecule has 0 aromatic carbocycles. The summed E-state index contributed by atoms with van der Waals surface area (Å²) in [5, 5.41) is 18.5. The minimum absolute atomic E-state index is 0.141. The second-order valence-electron chi connectivity index (χ2n) is 8.90. The molecule has 2 heterocycles. The van der Waals surface area contributed by atoms with Crippen LogP contribution in [0.4, 0.5) is 5.69 Å². The standard InChI is InChI=1S/C21H28N4O3/c1-28-5-4-23-20(26)16-11-24-19-15(2-3-22-19)18(16)25-17-13-6-12-7-14(17)10-21(27,8-12)9-13/h2-3,11-14,17,27H,4-10H2,1H3,(H,23,26)(H2,22,24,25). The summed E-state index contributed by atoms with van der Waals surface area (Å²) < 4.78 is 5.04. The first-order valence-corrected chi connectivity index (χ1v) is 10.3. The van der Waals surface area contributed by atoms with Crippen molar-refractivity contribution in [1.29, 1.82) is 0 Å². The summed E-state index contributed by atoms with van der Waals surface area (Å²) >= 11 is 0. The highest BCUT2D eigenvalue weighted by Gasteiger charge is 2.54. The van der Waals surface area contributed by atoms with Gasteiger partial charge in [-0.2, -0.15) is 0 Å². The van der Waals surface area contributed by atoms with E-state index in [1.165, 1.54) is 12.8 Å². The van der Waals surface area contributed by atoms with Crippen molar-refractivity contribution in [2.45, 2.75) is 43.7 Å². The summed E-state index contributed by atoms with van der Waals surface area (Å²) in [6.07, 6.45) is 8.56. The Balaban J connectivity index is 1.46. The third kappa shape index (κ3) is 2.97. The number of amides is 1. The van der Waals surface area contributed by atoms with Gasteiger partial charge in [-0.1, -0.05) is 0 Å². The monoisotopic (exact) mass is 384 g/mol. The number of aromatic amines is 1. The van der Waals surface area contributed by atoms with Crippen LogP contribution in [0.3, 0.4) is 0 Å². The van der Waals surface area contributed by atoms with Crippen molar-refractivity contribution in [3.63, 3.8) is 0 Å². The van der Waals surface area contributed by atoms with Crippen LogP contribution in [0, 0.1) is 17.8 Å². The minimum atomic E-state index is -0.462. The van der Waals surface area contributed by atoms with Crippen molar-refractivity contribution >= 4 is 22.6 Å². The van der Waals surface area contributed by atoms with Crippen LogP contribution in [-0.4, -0.2) is 52.9 Å². The molecule has 7 heteroatoms. The van der Waals surface area contributed by atoms with E-state index in [-0.39, 0.29) is 5.91 Å². The molecule has 150 valence electrons. The van der Waals surface area contributed by atoms with Crippen LogP contribution < -0.4 is 10.6 Å². The Kier molecular flexibility index (Phi) is 4.32. The highest BCUT2D eigenvalue weighted by atomic mass is 16.5. The Morgan fingerprint density at radius 3 is 2.86 bits per heavy atom. The molecule has 4 fully saturated rings. The van der Waals surface area contributed by atoms with E-state index >= 15 is 0 Å². The quantitative estimate of drug-likeness (QED) is 0.573. The molecule has 1 amide bonds. The number of aliphatic hydroxyl groups is 1. The fourth-order valence-electron chi connectivity index (χ4n) is 6.08. The van der Waals surface area contributed by atoms with Crippen LogP contribution in [0.1, 0.15) is 42.5 Å². The molecule has 2 atom stereocenters. The maximum atomic E-state index is 12.8. The summed E-state index contributed by atoms with van der Waals surface area (Å²) in [7, 11) is 1.62. The lowest BCUT2D eigenvalue weighted by Crippen LogP contribution is -2.59. The fourth-order valence-corrected chi connectivity index (χ4v) is 6.08. The van der Waals surface area contributed by atoms with E-state index in [4.69, 9.17) is 4.74 Å². The fraction of sp³-hybridized carbons (Fsp3) is 0.619. The zero-order chi connectivity index (χ0) is 19.3. The number of aromatic nitrogens is 2. The molecule has 4 saturated carbocycles. The molecule has 2 aromatic rings. The van der Waals surface area contributed by atoms with E-state index in [2.05, 4.69) is 20.6 Å². The molecule has 2 aromatic heterocycles. The Hall–Kier alpha value is -2.12. The normalized spacial score (nSPS) is 33.4. The van der Waals surface area contributed by atoms with Crippen molar-refractivity contribution in [2.24, 2.45) is 17.8 Å². The number of hydrogen-bond donors (Lipinski definition) is 4. The number of fused-ring (bicyclic) bond motifs is 1. The van der Waals surface area contributed by atoms with Crippen molar-refractivity contribution < 1.29 is 14.6 Å². The number of H-pyrrole nitrogens is 1. The van der Waals surface area contributed by atoms with Gasteiger partial charge in [0.05, 0.1) is 23.5 Å². The smallest absolute Gasteiger partial charge is 0.255 e. The van der Waals surface area contributed by atoms with Gasteiger partial charge in [-0.3, -0.25) is 4.79 Å². The molecule has 4 N–H and O–H groups in total. The van der Waals surface area contributed by atoms with E-state index in [0.29, 0.717) is 42.5 Å². The maximum Gasteiger partial charge on any atom is 0.255 e. The molecule has 4 bridgehead atoms. The van der Waals surface area contributed by atoms with Gasteiger partial charge < -0.3 is 25.5 Å². The highest BCUT2D eigenvalue weighted by Crippen LogP contribution is 2.56. The molecule has 4 aliphatic rings. The first-order chi connectivity index (χ1) is 13.6. The summed E-state index contributed by atoms with van der Waals surface area (Å²) in [6, 6.07) is 2.27. The van der Waals surface area contributed by atoms with Gasteiger partial charge in [-0.05, 0) is 55.9 Å². The SMILES string of the molecule is COCCNC(=O)c1cnc2[nH]ccc2c1NC1C2CC3CC1CC(O)(C3)C2. The van der Waals surface area contributed by atoms with Crippen LogP contribution in [0.25, 0.3) is 11.0 Å². The number of ether oxygens (including phenoxy) is 1. The van der Waals surface area contributed by atoms with Crippen molar-refractivity contribution in [1.82, 2.24) is 15.3 Å². The van der Waals surface area contributed by atoms with Crippen LogP contribution in [0.5, 0.6) is 0 Å². The third-order valence-electron chi connectivity index (χ3n) is 6.97. The largest absolute Gasteiger partial charge is 0.390 e. The molecular weight excluding hydrogens is 356 g/mol. The van der Waals surface area contributed by atoms with Crippen molar-refractivity contribution in [3.8, 4) is 0 Å². The predicted octanol–water partition coefficient (Wildman–Crippen LogP) is 2.29. The number of rotatable bonds is 6. The second-order valence-corrected chi connectivity index (χ2v) is 8.90. The molecule has 0 radical (unpaired) electrons.